The van der Waals surface area contributed by atoms with Gasteiger partial charge in [-0.15, -0.1) is 0 Å². The molecule has 2 N–H and O–H groups in total. The molecule has 0 radical (unpaired) electrons. The number of nitrogens with zero attached hydrogens (tertiary/aromatic N) is 6. The van der Waals surface area contributed by atoms with E-state index in [2.05, 4.69) is 4.90 Å². The van der Waals surface area contributed by atoms with Gasteiger partial charge in [0.05, 0.1) is 51.1 Å². The van der Waals surface area contributed by atoms with Crippen LogP contribution in [-0.4, -0.2) is 93.4 Å². The lowest BCUT2D eigenvalue weighted by atomic mass is 9.95. The number of carbonyl (C=O) groups excluding carboxylic acids is 1. The van der Waals surface area contributed by atoms with Crippen molar-refractivity contribution in [2.45, 2.75) is 19.3 Å². The van der Waals surface area contributed by atoms with Gasteiger partial charge >= 0.3 is 6.09 Å². The van der Waals surface area contributed by atoms with Gasteiger partial charge in [0.15, 0.2) is 0 Å². The van der Waals surface area contributed by atoms with Crippen molar-refractivity contribution in [2.75, 3.05) is 82.9 Å². The Hall–Kier alpha value is -5.01. The zero-order valence-electron chi connectivity index (χ0n) is 26.9. The Kier molecular flexibility index (Phi) is 9.93. The molecule has 0 bridgehead atoms. The molecule has 0 atom stereocenters. The molecule has 0 spiro atoms. The molecule has 0 saturated carbocycles. The van der Waals surface area contributed by atoms with Crippen LogP contribution in [0.25, 0.3) is 11.3 Å². The highest BCUT2D eigenvalue weighted by Crippen LogP contribution is 2.39. The van der Waals surface area contributed by atoms with E-state index in [1.807, 2.05) is 48.5 Å². The van der Waals surface area contributed by atoms with E-state index in [4.69, 9.17) is 49.4 Å². The topological polar surface area (TPSA) is 147 Å². The Morgan fingerprint density at radius 3 is 1.96 bits per heavy atom. The lowest BCUT2D eigenvalue weighted by Gasteiger charge is -2.28. The third-order valence-corrected chi connectivity index (χ3v) is 8.22. The van der Waals surface area contributed by atoms with Gasteiger partial charge in [0.25, 0.3) is 0 Å². The van der Waals surface area contributed by atoms with Crippen molar-refractivity contribution in [1.82, 2.24) is 19.9 Å². The first kappa shape index (κ1) is 32.0. The lowest BCUT2D eigenvalue weighted by Crippen LogP contribution is -2.38. The van der Waals surface area contributed by atoms with E-state index in [-0.39, 0.29) is 12.6 Å². The van der Waals surface area contributed by atoms with Crippen LogP contribution < -0.4 is 25.0 Å². The maximum absolute atomic E-state index is 13.3. The summed E-state index contributed by atoms with van der Waals surface area (Å²) in [6.07, 6.45) is 0.984. The van der Waals surface area contributed by atoms with Crippen LogP contribution in [0.3, 0.4) is 0 Å². The van der Waals surface area contributed by atoms with E-state index in [0.717, 1.165) is 45.1 Å². The van der Waals surface area contributed by atoms with Crippen molar-refractivity contribution in [1.29, 1.82) is 0 Å². The predicted octanol–water partition coefficient (Wildman–Crippen LogP) is 3.70. The molecule has 13 nitrogen and oxygen atoms in total. The van der Waals surface area contributed by atoms with Gasteiger partial charge in [-0.2, -0.15) is 4.98 Å². The molecule has 246 valence electrons. The van der Waals surface area contributed by atoms with Crippen molar-refractivity contribution in [2.24, 2.45) is 0 Å². The first-order valence-corrected chi connectivity index (χ1v) is 15.6. The Labute approximate surface area is 273 Å². The molecule has 0 aliphatic carbocycles. The number of morpholine rings is 1. The highest BCUT2D eigenvalue weighted by molar-refractivity contribution is 5.91. The number of hydrogen-bond donors (Lipinski definition) is 1. The Morgan fingerprint density at radius 1 is 0.809 bits per heavy atom. The number of benzene rings is 2. The molecule has 6 rings (SSSR count). The van der Waals surface area contributed by atoms with Crippen molar-refractivity contribution in [3.63, 3.8) is 0 Å². The van der Waals surface area contributed by atoms with Crippen LogP contribution >= 0.6 is 0 Å². The number of methoxy groups -OCH3 is 3. The highest BCUT2D eigenvalue weighted by atomic mass is 16.6. The zero-order chi connectivity index (χ0) is 32.8. The fourth-order valence-electron chi connectivity index (χ4n) is 5.81. The molecule has 2 aromatic carbocycles. The molecule has 1 amide bonds. The van der Waals surface area contributed by atoms with Crippen LogP contribution in [0.4, 0.5) is 22.5 Å². The van der Waals surface area contributed by atoms with E-state index in [9.17, 15) is 4.79 Å². The third-order valence-electron chi connectivity index (χ3n) is 8.22. The minimum absolute atomic E-state index is 0.138. The largest absolute Gasteiger partial charge is 0.497 e. The van der Waals surface area contributed by atoms with Crippen LogP contribution in [-0.2, 0) is 33.5 Å². The third kappa shape index (κ3) is 7.21. The monoisotopic (exact) mass is 641 g/mol. The average molecular weight is 642 g/mol. The van der Waals surface area contributed by atoms with E-state index in [1.54, 1.807) is 26.2 Å². The first-order chi connectivity index (χ1) is 23.0. The summed E-state index contributed by atoms with van der Waals surface area (Å²) in [5.41, 5.74) is 12.1. The number of amides is 1. The number of rotatable bonds is 11. The Balaban J connectivity index is 1.51. The van der Waals surface area contributed by atoms with Gasteiger partial charge in [0, 0.05) is 50.7 Å². The van der Waals surface area contributed by atoms with Gasteiger partial charge in [-0.3, -0.25) is 4.90 Å². The van der Waals surface area contributed by atoms with Crippen LogP contribution in [0.1, 0.15) is 28.1 Å². The minimum atomic E-state index is -0.483. The molecule has 13 heteroatoms. The number of nitrogens with two attached hydrogens (primary N) is 1. The Bertz CT molecular complexity index is 1620. The molecule has 2 aromatic heterocycles. The van der Waals surface area contributed by atoms with E-state index in [0.29, 0.717) is 76.2 Å². The highest BCUT2D eigenvalue weighted by Gasteiger charge is 2.34. The zero-order valence-corrected chi connectivity index (χ0v) is 26.9. The molecule has 4 aromatic rings. The number of hydrogen-bond acceptors (Lipinski definition) is 12. The normalized spacial score (nSPS) is 14.2. The quantitative estimate of drug-likeness (QED) is 0.238. The van der Waals surface area contributed by atoms with Gasteiger partial charge in [-0.1, -0.05) is 24.3 Å². The molecule has 1 saturated heterocycles. The number of carbonyl (C=O) groups is 1. The number of anilines is 3. The number of fused-ring (bicyclic) bond motifs is 1. The lowest BCUT2D eigenvalue weighted by molar-refractivity contribution is 0.103. The number of ether oxygens (including phenoxy) is 5. The van der Waals surface area contributed by atoms with Gasteiger partial charge in [-0.05, 0) is 41.8 Å². The summed E-state index contributed by atoms with van der Waals surface area (Å²) in [5, 5.41) is 0. The number of aromatic nitrogens is 4. The smallest absolute Gasteiger partial charge is 0.415 e. The summed E-state index contributed by atoms with van der Waals surface area (Å²) in [5.74, 6) is 2.71. The van der Waals surface area contributed by atoms with Gasteiger partial charge < -0.3 is 34.3 Å². The summed E-state index contributed by atoms with van der Waals surface area (Å²) in [4.78, 5) is 36.6. The summed E-state index contributed by atoms with van der Waals surface area (Å²) >= 11 is 0. The molecular weight excluding hydrogens is 602 g/mol. The van der Waals surface area contributed by atoms with Crippen molar-refractivity contribution < 1.29 is 28.5 Å². The molecule has 2 aliphatic rings. The minimum Gasteiger partial charge on any atom is -0.497 e. The van der Waals surface area contributed by atoms with Crippen molar-refractivity contribution >= 4 is 23.8 Å². The first-order valence-electron chi connectivity index (χ1n) is 15.6. The summed E-state index contributed by atoms with van der Waals surface area (Å²) in [6.45, 7) is 3.17. The fourth-order valence-corrected chi connectivity index (χ4v) is 5.81. The van der Waals surface area contributed by atoms with Crippen LogP contribution in [0, 0.1) is 0 Å². The molecule has 1 fully saturated rings. The molecule has 2 aliphatic heterocycles. The predicted molar refractivity (Wildman–Crippen MR) is 176 cm³/mol. The maximum Gasteiger partial charge on any atom is 0.415 e. The van der Waals surface area contributed by atoms with Crippen molar-refractivity contribution in [3.05, 3.63) is 76.6 Å². The van der Waals surface area contributed by atoms with Gasteiger partial charge in [0.1, 0.15) is 23.9 Å². The van der Waals surface area contributed by atoms with Crippen LogP contribution in [0.15, 0.2) is 48.5 Å². The maximum atomic E-state index is 13.3. The SMILES string of the molecule is COCCOC(=O)N1CCc2c(-c3c(Cc4ccc(OC)cc4)nc(N)nc3Cc3ccc(OC)cc3)nc(N3CCOCC3)nc21. The standard InChI is InChI=1S/C34H39N7O6/c1-43-18-19-47-34(42)41-13-12-26-30(38-33(39-31(26)41)40-14-16-46-17-15-40)29-27(20-22-4-8-24(44-2)9-5-22)36-32(35)37-28(29)21-23-6-10-25(45-3)11-7-23/h4-11H,12-21H2,1-3H3,(H2,35,36,37). The molecule has 47 heavy (non-hydrogen) atoms. The van der Waals surface area contributed by atoms with E-state index < -0.39 is 6.09 Å². The Morgan fingerprint density at radius 2 is 1.40 bits per heavy atom. The second-order valence-electron chi connectivity index (χ2n) is 11.2. The number of nitrogen functional groups attached to an aromatic ring is 1. The average Bonchev–Trinajstić information content (AvgIpc) is 3.53. The van der Waals surface area contributed by atoms with Crippen LogP contribution in [0.5, 0.6) is 11.5 Å². The molecular formula is C34H39N7O6. The van der Waals surface area contributed by atoms with Crippen LogP contribution in [0.2, 0.25) is 0 Å². The molecule has 4 heterocycles. The second-order valence-corrected chi connectivity index (χ2v) is 11.2. The fraction of sp³-hybridized carbons (Fsp3) is 0.382. The van der Waals surface area contributed by atoms with Gasteiger partial charge in [-0.25, -0.2) is 19.7 Å². The summed E-state index contributed by atoms with van der Waals surface area (Å²) in [6, 6.07) is 15.7. The second kappa shape index (κ2) is 14.6. The summed E-state index contributed by atoms with van der Waals surface area (Å²) in [7, 11) is 4.85. The molecule has 0 unspecified atom stereocenters. The van der Waals surface area contributed by atoms with Crippen molar-refractivity contribution in [3.8, 4) is 22.8 Å². The summed E-state index contributed by atoms with van der Waals surface area (Å²) < 4.78 is 27.0. The van der Waals surface area contributed by atoms with E-state index >= 15 is 0 Å². The van der Waals surface area contributed by atoms with E-state index in [1.165, 1.54) is 0 Å². The van der Waals surface area contributed by atoms with Gasteiger partial charge in [0.2, 0.25) is 11.9 Å².